The SMILES string of the molecule is CCc1ccc(OCC(=O)N(Cc2ccc(Br)cc2)C(Cc2ccccc2)C(=O)NC2CCCC2)cc1. The molecule has 5 nitrogen and oxygen atoms in total. The van der Waals surface area contributed by atoms with Gasteiger partial charge in [-0.1, -0.05) is 90.3 Å². The zero-order valence-electron chi connectivity index (χ0n) is 21.4. The standard InChI is InChI=1S/C31H35BrN2O3/c1-2-23-14-18-28(19-15-23)37-22-30(35)34(21-25-12-16-26(32)17-13-25)29(20-24-8-4-3-5-9-24)31(36)33-27-10-6-7-11-27/h3-5,8-9,12-19,27,29H,2,6-7,10-11,20-22H2,1H3,(H,33,36). The van der Waals surface area contributed by atoms with Crippen LogP contribution >= 0.6 is 15.9 Å². The van der Waals surface area contributed by atoms with Crippen LogP contribution in [0.1, 0.15) is 49.3 Å². The van der Waals surface area contributed by atoms with Crippen LogP contribution < -0.4 is 10.1 Å². The van der Waals surface area contributed by atoms with E-state index in [0.29, 0.717) is 18.7 Å². The molecular formula is C31H35BrN2O3. The normalized spacial score (nSPS) is 14.2. The van der Waals surface area contributed by atoms with Crippen LogP contribution in [0.2, 0.25) is 0 Å². The lowest BCUT2D eigenvalue weighted by atomic mass is 10.0. The number of hydrogen-bond acceptors (Lipinski definition) is 3. The molecule has 37 heavy (non-hydrogen) atoms. The molecule has 0 aromatic heterocycles. The molecule has 3 aromatic carbocycles. The molecule has 1 unspecified atom stereocenters. The number of aryl methyl sites for hydroxylation is 1. The van der Waals surface area contributed by atoms with E-state index in [1.165, 1.54) is 5.56 Å². The lowest BCUT2D eigenvalue weighted by molar-refractivity contribution is -0.143. The van der Waals surface area contributed by atoms with Crippen molar-refractivity contribution in [2.24, 2.45) is 0 Å². The molecule has 0 aliphatic heterocycles. The van der Waals surface area contributed by atoms with Gasteiger partial charge in [-0.15, -0.1) is 0 Å². The van der Waals surface area contributed by atoms with Crippen molar-refractivity contribution in [3.63, 3.8) is 0 Å². The lowest BCUT2D eigenvalue weighted by Crippen LogP contribution is -2.53. The summed E-state index contributed by atoms with van der Waals surface area (Å²) >= 11 is 3.48. The highest BCUT2D eigenvalue weighted by Crippen LogP contribution is 2.21. The fourth-order valence-electron chi connectivity index (χ4n) is 4.76. The van der Waals surface area contributed by atoms with E-state index in [1.807, 2.05) is 78.9 Å². The maximum atomic E-state index is 13.7. The van der Waals surface area contributed by atoms with Crippen LogP contribution in [0.3, 0.4) is 0 Å². The smallest absolute Gasteiger partial charge is 0.261 e. The molecule has 0 heterocycles. The number of carbonyl (C=O) groups is 2. The third-order valence-electron chi connectivity index (χ3n) is 6.93. The van der Waals surface area contributed by atoms with Crippen LogP contribution in [0.25, 0.3) is 0 Å². The van der Waals surface area contributed by atoms with Gasteiger partial charge in [0.05, 0.1) is 0 Å². The number of carbonyl (C=O) groups excluding carboxylic acids is 2. The minimum absolute atomic E-state index is 0.103. The van der Waals surface area contributed by atoms with Gasteiger partial charge in [-0.05, 0) is 60.2 Å². The van der Waals surface area contributed by atoms with E-state index in [-0.39, 0.29) is 24.5 Å². The first-order valence-electron chi connectivity index (χ1n) is 13.1. The molecule has 1 aliphatic carbocycles. The molecule has 194 valence electrons. The summed E-state index contributed by atoms with van der Waals surface area (Å²) in [4.78, 5) is 29.1. The molecule has 0 bridgehead atoms. The topological polar surface area (TPSA) is 58.6 Å². The first kappa shape index (κ1) is 26.9. The van der Waals surface area contributed by atoms with Gasteiger partial charge in [0, 0.05) is 23.5 Å². The molecule has 1 atom stereocenters. The summed E-state index contributed by atoms with van der Waals surface area (Å²) in [5, 5.41) is 3.23. The Kier molecular flexibility index (Phi) is 9.78. The number of amides is 2. The van der Waals surface area contributed by atoms with Crippen molar-refractivity contribution in [3.05, 3.63) is 100 Å². The maximum Gasteiger partial charge on any atom is 0.261 e. The second-order valence-corrected chi connectivity index (χ2v) is 10.5. The maximum absolute atomic E-state index is 13.7. The van der Waals surface area contributed by atoms with Gasteiger partial charge in [0.25, 0.3) is 5.91 Å². The molecule has 1 aliphatic rings. The Labute approximate surface area is 228 Å². The third-order valence-corrected chi connectivity index (χ3v) is 7.46. The van der Waals surface area contributed by atoms with Crippen LogP contribution in [-0.4, -0.2) is 35.4 Å². The van der Waals surface area contributed by atoms with Gasteiger partial charge in [-0.3, -0.25) is 9.59 Å². The minimum Gasteiger partial charge on any atom is -0.484 e. The molecule has 4 rings (SSSR count). The second-order valence-electron chi connectivity index (χ2n) is 9.63. The minimum atomic E-state index is -0.648. The largest absolute Gasteiger partial charge is 0.484 e. The van der Waals surface area contributed by atoms with Crippen LogP contribution in [0.15, 0.2) is 83.3 Å². The van der Waals surface area contributed by atoms with Crippen LogP contribution in [0, 0.1) is 0 Å². The highest BCUT2D eigenvalue weighted by Gasteiger charge is 2.32. The average molecular weight is 564 g/mol. The molecule has 0 radical (unpaired) electrons. The van der Waals surface area contributed by atoms with E-state index < -0.39 is 6.04 Å². The van der Waals surface area contributed by atoms with Crippen molar-refractivity contribution in [2.45, 2.75) is 64.1 Å². The highest BCUT2D eigenvalue weighted by molar-refractivity contribution is 9.10. The van der Waals surface area contributed by atoms with Crippen LogP contribution in [0.4, 0.5) is 0 Å². The first-order valence-corrected chi connectivity index (χ1v) is 13.9. The summed E-state index contributed by atoms with van der Waals surface area (Å²) in [6.07, 6.45) is 5.61. The Hall–Kier alpha value is -3.12. The van der Waals surface area contributed by atoms with E-state index in [1.54, 1.807) is 4.90 Å². The number of nitrogens with one attached hydrogen (secondary N) is 1. The third kappa shape index (κ3) is 7.93. The molecule has 1 N–H and O–H groups in total. The summed E-state index contributed by atoms with van der Waals surface area (Å²) in [5.74, 6) is 0.322. The van der Waals surface area contributed by atoms with E-state index >= 15 is 0 Å². The van der Waals surface area contributed by atoms with Crippen LogP contribution in [0.5, 0.6) is 5.75 Å². The predicted octanol–water partition coefficient (Wildman–Crippen LogP) is 6.09. The summed E-state index contributed by atoms with van der Waals surface area (Å²) in [6.45, 7) is 2.28. The molecular weight excluding hydrogens is 528 g/mol. The van der Waals surface area contributed by atoms with Crippen molar-refractivity contribution in [1.29, 1.82) is 0 Å². The van der Waals surface area contributed by atoms with Gasteiger partial charge in [0.15, 0.2) is 6.61 Å². The number of rotatable bonds is 11. The molecule has 2 amide bonds. The van der Waals surface area contributed by atoms with Crippen LogP contribution in [-0.2, 0) is 29.0 Å². The monoisotopic (exact) mass is 562 g/mol. The zero-order valence-corrected chi connectivity index (χ0v) is 23.0. The van der Waals surface area contributed by atoms with Gasteiger partial charge in [-0.2, -0.15) is 0 Å². The van der Waals surface area contributed by atoms with Crippen molar-refractivity contribution in [2.75, 3.05) is 6.61 Å². The number of halogens is 1. The molecule has 1 saturated carbocycles. The molecule has 1 fully saturated rings. The summed E-state index contributed by atoms with van der Waals surface area (Å²) in [6, 6.07) is 25.1. The number of nitrogens with zero attached hydrogens (tertiary/aromatic N) is 1. The highest BCUT2D eigenvalue weighted by atomic mass is 79.9. The van der Waals surface area contributed by atoms with Crippen molar-refractivity contribution >= 4 is 27.7 Å². The molecule has 0 saturated heterocycles. The number of ether oxygens (including phenoxy) is 1. The van der Waals surface area contributed by atoms with Crippen molar-refractivity contribution in [1.82, 2.24) is 10.2 Å². The quantitative estimate of drug-likeness (QED) is 0.307. The summed E-state index contributed by atoms with van der Waals surface area (Å²) < 4.78 is 6.85. The van der Waals surface area contributed by atoms with Gasteiger partial charge < -0.3 is 15.0 Å². The summed E-state index contributed by atoms with van der Waals surface area (Å²) in [5.41, 5.74) is 3.18. The van der Waals surface area contributed by atoms with E-state index in [4.69, 9.17) is 4.74 Å². The molecule has 3 aromatic rings. The van der Waals surface area contributed by atoms with Gasteiger partial charge in [0.1, 0.15) is 11.8 Å². The Balaban J connectivity index is 1.58. The van der Waals surface area contributed by atoms with Gasteiger partial charge >= 0.3 is 0 Å². The lowest BCUT2D eigenvalue weighted by Gasteiger charge is -2.32. The zero-order chi connectivity index (χ0) is 26.0. The Morgan fingerprint density at radius 3 is 2.22 bits per heavy atom. The van der Waals surface area contributed by atoms with E-state index in [0.717, 1.165) is 47.7 Å². The van der Waals surface area contributed by atoms with Gasteiger partial charge in [0.2, 0.25) is 5.91 Å². The first-order chi connectivity index (χ1) is 18.0. The Morgan fingerprint density at radius 2 is 1.57 bits per heavy atom. The van der Waals surface area contributed by atoms with Gasteiger partial charge in [-0.25, -0.2) is 0 Å². The fourth-order valence-corrected chi connectivity index (χ4v) is 5.02. The average Bonchev–Trinajstić information content (AvgIpc) is 3.44. The van der Waals surface area contributed by atoms with E-state index in [2.05, 4.69) is 28.2 Å². The Morgan fingerprint density at radius 1 is 0.919 bits per heavy atom. The number of benzene rings is 3. The second kappa shape index (κ2) is 13.4. The predicted molar refractivity (Wildman–Crippen MR) is 150 cm³/mol. The Bertz CT molecular complexity index is 1140. The number of hydrogen-bond donors (Lipinski definition) is 1. The van der Waals surface area contributed by atoms with E-state index in [9.17, 15) is 9.59 Å². The van der Waals surface area contributed by atoms with Crippen molar-refractivity contribution in [3.8, 4) is 5.75 Å². The fraction of sp³-hybridized carbons (Fsp3) is 0.355. The van der Waals surface area contributed by atoms with Crippen molar-refractivity contribution < 1.29 is 14.3 Å². The summed E-state index contributed by atoms with van der Waals surface area (Å²) in [7, 11) is 0. The molecule has 0 spiro atoms. The molecule has 6 heteroatoms.